The van der Waals surface area contributed by atoms with Gasteiger partial charge >= 0.3 is 5.97 Å². The van der Waals surface area contributed by atoms with E-state index < -0.39 is 5.97 Å². The normalized spacial score (nSPS) is 10.9. The summed E-state index contributed by atoms with van der Waals surface area (Å²) in [6.45, 7) is 3.79. The van der Waals surface area contributed by atoms with Gasteiger partial charge in [-0.15, -0.1) is 0 Å². The van der Waals surface area contributed by atoms with Crippen LogP contribution in [0.1, 0.15) is 27.2 Å². The van der Waals surface area contributed by atoms with Gasteiger partial charge in [0.2, 0.25) is 5.95 Å². The van der Waals surface area contributed by atoms with Crippen LogP contribution < -0.4 is 15.2 Å². The molecule has 7 nitrogen and oxygen atoms in total. The van der Waals surface area contributed by atoms with Crippen molar-refractivity contribution in [3.05, 3.63) is 71.0 Å². The third-order valence-corrected chi connectivity index (χ3v) is 3.84. The van der Waals surface area contributed by atoms with E-state index in [0.717, 1.165) is 16.8 Å². The van der Waals surface area contributed by atoms with Gasteiger partial charge in [0, 0.05) is 0 Å². The average molecular weight is 364 g/mol. The molecule has 1 heterocycles. The first-order valence-corrected chi connectivity index (χ1v) is 8.29. The molecule has 2 N–H and O–H groups in total. The second-order valence-corrected chi connectivity index (χ2v) is 6.00. The lowest BCUT2D eigenvalue weighted by Gasteiger charge is -2.10. The highest BCUT2D eigenvalue weighted by atomic mass is 16.6. The summed E-state index contributed by atoms with van der Waals surface area (Å²) >= 11 is 0. The molecular weight excluding hydrogens is 344 g/mol. The summed E-state index contributed by atoms with van der Waals surface area (Å²) in [6.07, 6.45) is 3.34. The minimum absolute atomic E-state index is 0.305. The first-order valence-electron chi connectivity index (χ1n) is 8.29. The van der Waals surface area contributed by atoms with Gasteiger partial charge < -0.3 is 15.2 Å². The Labute approximate surface area is 157 Å². The number of rotatable bonds is 5. The second-order valence-electron chi connectivity index (χ2n) is 6.00. The highest BCUT2D eigenvalue weighted by Crippen LogP contribution is 2.28. The van der Waals surface area contributed by atoms with E-state index in [4.69, 9.17) is 15.2 Å². The lowest BCUT2D eigenvalue weighted by molar-refractivity contribution is 0.0729. The van der Waals surface area contributed by atoms with Crippen molar-refractivity contribution in [1.29, 1.82) is 0 Å². The summed E-state index contributed by atoms with van der Waals surface area (Å²) in [5, 5.41) is 4.26. The Morgan fingerprint density at radius 2 is 1.89 bits per heavy atom. The van der Waals surface area contributed by atoms with E-state index in [-0.39, 0.29) is 0 Å². The van der Waals surface area contributed by atoms with E-state index in [9.17, 15) is 4.79 Å². The number of nitrogen functional groups attached to an aromatic ring is 1. The molecule has 0 aliphatic rings. The molecule has 0 spiro atoms. The number of nitrogens with zero attached hydrogens (tertiary/aromatic N) is 3. The highest BCUT2D eigenvalue weighted by molar-refractivity contribution is 5.91. The van der Waals surface area contributed by atoms with E-state index in [1.807, 2.05) is 26.0 Å². The number of methoxy groups -OCH3 is 1. The second kappa shape index (κ2) is 7.74. The molecule has 3 rings (SSSR count). The van der Waals surface area contributed by atoms with Crippen LogP contribution in [0, 0.1) is 13.8 Å². The predicted molar refractivity (Wildman–Crippen MR) is 103 cm³/mol. The molecule has 1 aromatic heterocycles. The van der Waals surface area contributed by atoms with E-state index in [2.05, 4.69) is 10.1 Å². The quantitative estimate of drug-likeness (QED) is 0.426. The van der Waals surface area contributed by atoms with Gasteiger partial charge in [-0.1, -0.05) is 17.7 Å². The zero-order chi connectivity index (χ0) is 19.4. The number of hydrogen-bond donors (Lipinski definition) is 1. The Morgan fingerprint density at radius 3 is 2.52 bits per heavy atom. The Bertz CT molecular complexity index is 991. The number of imidazole rings is 1. The summed E-state index contributed by atoms with van der Waals surface area (Å²) < 4.78 is 12.3. The van der Waals surface area contributed by atoms with Crippen molar-refractivity contribution < 1.29 is 14.3 Å². The number of aryl methyl sites for hydroxylation is 2. The minimum atomic E-state index is -0.448. The standard InChI is InChI=1S/C20H20N4O3/c1-13-4-7-16(8-5-13)19(25)27-17-9-6-15(10-18(17)26-3)11-22-24-12-14(2)23-20(24)21/h4-12H,1-3H3,(H2,21,23). The zero-order valence-electron chi connectivity index (χ0n) is 15.3. The molecule has 0 bridgehead atoms. The van der Waals surface area contributed by atoms with Crippen LogP contribution in [0.5, 0.6) is 11.5 Å². The Morgan fingerprint density at radius 1 is 1.15 bits per heavy atom. The van der Waals surface area contributed by atoms with Crippen LogP contribution in [0.4, 0.5) is 5.95 Å². The van der Waals surface area contributed by atoms with Crippen molar-refractivity contribution in [2.75, 3.05) is 12.8 Å². The van der Waals surface area contributed by atoms with E-state index >= 15 is 0 Å². The number of hydrogen-bond acceptors (Lipinski definition) is 6. The number of esters is 1. The van der Waals surface area contributed by atoms with Gasteiger partial charge in [-0.05, 0) is 49.7 Å². The molecule has 3 aromatic rings. The lowest BCUT2D eigenvalue weighted by atomic mass is 10.1. The zero-order valence-corrected chi connectivity index (χ0v) is 15.3. The molecule has 0 atom stereocenters. The molecule has 0 saturated heterocycles. The first kappa shape index (κ1) is 18.2. The summed E-state index contributed by atoms with van der Waals surface area (Å²) in [4.78, 5) is 16.4. The SMILES string of the molecule is COc1cc(C=Nn2cc(C)nc2N)ccc1OC(=O)c1ccc(C)cc1. The fourth-order valence-corrected chi connectivity index (χ4v) is 2.42. The number of nitrogens with two attached hydrogens (primary N) is 1. The molecule has 0 amide bonds. The number of ether oxygens (including phenoxy) is 2. The van der Waals surface area contributed by atoms with Crippen LogP contribution in [-0.4, -0.2) is 29.0 Å². The number of anilines is 1. The van der Waals surface area contributed by atoms with Gasteiger partial charge in [0.1, 0.15) is 0 Å². The molecule has 7 heteroatoms. The molecular formula is C20H20N4O3. The predicted octanol–water partition coefficient (Wildman–Crippen LogP) is 3.19. The Kier molecular flexibility index (Phi) is 5.21. The van der Waals surface area contributed by atoms with Crippen LogP contribution >= 0.6 is 0 Å². The van der Waals surface area contributed by atoms with E-state index in [1.165, 1.54) is 11.8 Å². The van der Waals surface area contributed by atoms with Crippen LogP contribution in [-0.2, 0) is 0 Å². The van der Waals surface area contributed by atoms with Gasteiger partial charge in [-0.3, -0.25) is 0 Å². The summed E-state index contributed by atoms with van der Waals surface area (Å²) in [5.41, 5.74) is 8.84. The smallest absolute Gasteiger partial charge is 0.343 e. The maximum absolute atomic E-state index is 12.3. The molecule has 0 aliphatic heterocycles. The number of aromatic nitrogens is 2. The molecule has 0 aliphatic carbocycles. The molecule has 138 valence electrons. The van der Waals surface area contributed by atoms with Gasteiger partial charge in [0.05, 0.1) is 30.8 Å². The fourth-order valence-electron chi connectivity index (χ4n) is 2.42. The van der Waals surface area contributed by atoms with Crippen molar-refractivity contribution in [2.45, 2.75) is 13.8 Å². The van der Waals surface area contributed by atoms with Crippen LogP contribution in [0.2, 0.25) is 0 Å². The third-order valence-electron chi connectivity index (χ3n) is 3.84. The lowest BCUT2D eigenvalue weighted by Crippen LogP contribution is -2.09. The maximum atomic E-state index is 12.3. The first-order chi connectivity index (χ1) is 13.0. The van der Waals surface area contributed by atoms with E-state index in [1.54, 1.807) is 42.7 Å². The number of carbonyl (C=O) groups is 1. The van der Waals surface area contributed by atoms with Crippen molar-refractivity contribution >= 4 is 18.1 Å². The number of benzene rings is 2. The van der Waals surface area contributed by atoms with Crippen molar-refractivity contribution in [2.24, 2.45) is 5.10 Å². The van der Waals surface area contributed by atoms with E-state index in [0.29, 0.717) is 23.0 Å². The molecule has 0 radical (unpaired) electrons. The Hall–Kier alpha value is -3.61. The average Bonchev–Trinajstić information content (AvgIpc) is 2.98. The van der Waals surface area contributed by atoms with Gasteiger partial charge in [0.25, 0.3) is 0 Å². The topological polar surface area (TPSA) is 91.7 Å². The molecule has 0 unspecified atom stereocenters. The van der Waals surface area contributed by atoms with Gasteiger partial charge in [-0.25, -0.2) is 14.5 Å². The number of carbonyl (C=O) groups excluding carboxylic acids is 1. The van der Waals surface area contributed by atoms with Crippen LogP contribution in [0.25, 0.3) is 0 Å². The van der Waals surface area contributed by atoms with Crippen molar-refractivity contribution in [3.8, 4) is 11.5 Å². The summed E-state index contributed by atoms with van der Waals surface area (Å²) in [7, 11) is 1.51. The summed E-state index contributed by atoms with van der Waals surface area (Å²) in [5.74, 6) is 0.614. The van der Waals surface area contributed by atoms with Crippen molar-refractivity contribution in [1.82, 2.24) is 9.66 Å². The monoisotopic (exact) mass is 364 g/mol. The third kappa shape index (κ3) is 4.33. The van der Waals surface area contributed by atoms with Crippen LogP contribution in [0.3, 0.4) is 0 Å². The molecule has 2 aromatic carbocycles. The van der Waals surface area contributed by atoms with Crippen molar-refractivity contribution in [3.63, 3.8) is 0 Å². The molecule has 0 saturated carbocycles. The summed E-state index contributed by atoms with van der Waals surface area (Å²) in [6, 6.07) is 12.3. The molecule has 0 fully saturated rings. The largest absolute Gasteiger partial charge is 0.493 e. The fraction of sp³-hybridized carbons (Fsp3) is 0.150. The van der Waals surface area contributed by atoms with Gasteiger partial charge in [-0.2, -0.15) is 5.10 Å². The highest BCUT2D eigenvalue weighted by Gasteiger charge is 2.12. The van der Waals surface area contributed by atoms with Gasteiger partial charge in [0.15, 0.2) is 11.5 Å². The van der Waals surface area contributed by atoms with Crippen LogP contribution in [0.15, 0.2) is 53.8 Å². The minimum Gasteiger partial charge on any atom is -0.493 e. The molecule has 27 heavy (non-hydrogen) atoms. The maximum Gasteiger partial charge on any atom is 0.343 e. The Balaban J connectivity index is 1.78.